The molecule has 5 heteroatoms. The molecule has 0 bridgehead atoms. The predicted molar refractivity (Wildman–Crippen MR) is 71.2 cm³/mol. The van der Waals surface area contributed by atoms with Gasteiger partial charge in [0.1, 0.15) is 0 Å². The van der Waals surface area contributed by atoms with Gasteiger partial charge in [0.05, 0.1) is 18.4 Å². The van der Waals surface area contributed by atoms with Crippen LogP contribution in [-0.4, -0.2) is 33.8 Å². The highest BCUT2D eigenvalue weighted by molar-refractivity contribution is 7.98. The Labute approximate surface area is 110 Å². The molecule has 0 spiro atoms. The van der Waals surface area contributed by atoms with Crippen LogP contribution in [0.25, 0.3) is 11.3 Å². The van der Waals surface area contributed by atoms with Crippen LogP contribution in [0.3, 0.4) is 0 Å². The van der Waals surface area contributed by atoms with Gasteiger partial charge in [-0.2, -0.15) is 11.8 Å². The maximum Gasteiger partial charge on any atom is 0.167 e. The maximum atomic E-state index is 9.20. The number of rotatable bonds is 6. The van der Waals surface area contributed by atoms with E-state index in [4.69, 9.17) is 9.63 Å². The fourth-order valence-electron chi connectivity index (χ4n) is 1.47. The number of aliphatic hydroxyl groups is 2. The summed E-state index contributed by atoms with van der Waals surface area (Å²) in [5, 5.41) is 21.9. The highest BCUT2D eigenvalue weighted by Gasteiger charge is 2.07. The molecular formula is C13H15NO3S. The second-order valence-corrected chi connectivity index (χ2v) is 4.93. The molecule has 0 fully saturated rings. The molecule has 0 aliphatic heterocycles. The second kappa shape index (κ2) is 6.58. The van der Waals surface area contributed by atoms with Crippen molar-refractivity contribution in [2.24, 2.45) is 0 Å². The van der Waals surface area contributed by atoms with Gasteiger partial charge in [0.2, 0.25) is 0 Å². The van der Waals surface area contributed by atoms with Gasteiger partial charge >= 0.3 is 0 Å². The first kappa shape index (κ1) is 13.1. The van der Waals surface area contributed by atoms with E-state index in [0.29, 0.717) is 11.5 Å². The molecule has 96 valence electrons. The SMILES string of the molecule is OCC(O)CSCc1cc(-c2ccccc2)on1. The monoisotopic (exact) mass is 265 g/mol. The molecule has 1 aromatic heterocycles. The van der Waals surface area contributed by atoms with Gasteiger partial charge in [-0.15, -0.1) is 0 Å². The number of hydrogen-bond acceptors (Lipinski definition) is 5. The zero-order chi connectivity index (χ0) is 12.8. The zero-order valence-electron chi connectivity index (χ0n) is 9.82. The van der Waals surface area contributed by atoms with Crippen molar-refractivity contribution in [1.82, 2.24) is 5.16 Å². The van der Waals surface area contributed by atoms with Gasteiger partial charge in [0, 0.05) is 23.1 Å². The van der Waals surface area contributed by atoms with Gasteiger partial charge in [-0.25, -0.2) is 0 Å². The standard InChI is InChI=1S/C13H15NO3S/c15-7-12(16)9-18-8-11-6-13(17-14-11)10-4-2-1-3-5-10/h1-6,12,15-16H,7-9H2. The summed E-state index contributed by atoms with van der Waals surface area (Å²) in [5.41, 5.74) is 1.83. The van der Waals surface area contributed by atoms with E-state index < -0.39 is 6.10 Å². The second-order valence-electron chi connectivity index (χ2n) is 3.90. The number of thioether (sulfide) groups is 1. The van der Waals surface area contributed by atoms with E-state index in [9.17, 15) is 5.11 Å². The lowest BCUT2D eigenvalue weighted by molar-refractivity contribution is 0.113. The molecular weight excluding hydrogens is 250 g/mol. The first-order valence-corrected chi connectivity index (χ1v) is 6.82. The Hall–Kier alpha value is -1.30. The van der Waals surface area contributed by atoms with Crippen molar-refractivity contribution in [3.8, 4) is 11.3 Å². The summed E-state index contributed by atoms with van der Waals surface area (Å²) in [4.78, 5) is 0. The molecule has 0 saturated carbocycles. The highest BCUT2D eigenvalue weighted by atomic mass is 32.2. The van der Waals surface area contributed by atoms with E-state index in [1.807, 2.05) is 36.4 Å². The summed E-state index contributed by atoms with van der Waals surface area (Å²) in [6.07, 6.45) is -0.671. The van der Waals surface area contributed by atoms with Crippen molar-refractivity contribution in [2.45, 2.75) is 11.9 Å². The van der Waals surface area contributed by atoms with Crippen LogP contribution in [0.5, 0.6) is 0 Å². The molecule has 2 rings (SSSR count). The molecule has 1 atom stereocenters. The van der Waals surface area contributed by atoms with Crippen molar-refractivity contribution in [2.75, 3.05) is 12.4 Å². The Balaban J connectivity index is 1.91. The Morgan fingerprint density at radius 2 is 2.06 bits per heavy atom. The van der Waals surface area contributed by atoms with Gasteiger partial charge in [0.25, 0.3) is 0 Å². The molecule has 1 heterocycles. The van der Waals surface area contributed by atoms with Crippen LogP contribution in [0.2, 0.25) is 0 Å². The van der Waals surface area contributed by atoms with Gasteiger partial charge < -0.3 is 14.7 Å². The van der Waals surface area contributed by atoms with E-state index in [1.54, 1.807) is 0 Å². The third kappa shape index (κ3) is 3.60. The van der Waals surface area contributed by atoms with Crippen LogP contribution in [-0.2, 0) is 5.75 Å². The third-order valence-corrected chi connectivity index (χ3v) is 3.51. The molecule has 4 nitrogen and oxygen atoms in total. The van der Waals surface area contributed by atoms with E-state index in [1.165, 1.54) is 11.8 Å². The maximum absolute atomic E-state index is 9.20. The lowest BCUT2D eigenvalue weighted by Gasteiger charge is -2.04. The fraction of sp³-hybridized carbons (Fsp3) is 0.308. The van der Waals surface area contributed by atoms with E-state index in [2.05, 4.69) is 5.16 Å². The molecule has 1 unspecified atom stereocenters. The first-order valence-electron chi connectivity index (χ1n) is 5.67. The van der Waals surface area contributed by atoms with Crippen LogP contribution in [0.15, 0.2) is 40.9 Å². The Morgan fingerprint density at radius 3 is 2.78 bits per heavy atom. The quantitative estimate of drug-likeness (QED) is 0.835. The molecule has 1 aromatic carbocycles. The summed E-state index contributed by atoms with van der Waals surface area (Å²) in [6, 6.07) is 11.7. The largest absolute Gasteiger partial charge is 0.394 e. The third-order valence-electron chi connectivity index (χ3n) is 2.39. The molecule has 0 aliphatic carbocycles. The summed E-state index contributed by atoms with van der Waals surface area (Å²) in [7, 11) is 0. The van der Waals surface area contributed by atoms with E-state index in [-0.39, 0.29) is 6.61 Å². The normalized spacial score (nSPS) is 12.6. The predicted octanol–water partition coefficient (Wildman–Crippen LogP) is 1.93. The van der Waals surface area contributed by atoms with Crippen LogP contribution >= 0.6 is 11.8 Å². The Morgan fingerprint density at radius 1 is 1.28 bits per heavy atom. The minimum absolute atomic E-state index is 0.207. The Bertz CT molecular complexity index is 472. The van der Waals surface area contributed by atoms with Crippen molar-refractivity contribution >= 4 is 11.8 Å². The number of aromatic nitrogens is 1. The summed E-state index contributed by atoms with van der Waals surface area (Å²) < 4.78 is 5.26. The van der Waals surface area contributed by atoms with Crippen molar-refractivity contribution in [3.63, 3.8) is 0 Å². The van der Waals surface area contributed by atoms with Gasteiger partial charge in [-0.3, -0.25) is 0 Å². The van der Waals surface area contributed by atoms with E-state index >= 15 is 0 Å². The molecule has 0 radical (unpaired) electrons. The first-order chi connectivity index (χ1) is 8.79. The van der Waals surface area contributed by atoms with Crippen LogP contribution in [0.1, 0.15) is 5.69 Å². The molecule has 2 N–H and O–H groups in total. The van der Waals surface area contributed by atoms with Gasteiger partial charge in [-0.1, -0.05) is 35.5 Å². The average Bonchev–Trinajstić information content (AvgIpc) is 2.88. The fourth-order valence-corrected chi connectivity index (χ4v) is 2.31. The van der Waals surface area contributed by atoms with Gasteiger partial charge in [0.15, 0.2) is 5.76 Å². The zero-order valence-corrected chi connectivity index (χ0v) is 10.6. The molecule has 0 aliphatic rings. The number of benzene rings is 1. The summed E-state index contributed by atoms with van der Waals surface area (Å²) in [6.45, 7) is -0.207. The number of nitrogens with zero attached hydrogens (tertiary/aromatic N) is 1. The number of aliphatic hydroxyl groups excluding tert-OH is 2. The van der Waals surface area contributed by atoms with Crippen LogP contribution in [0.4, 0.5) is 0 Å². The lowest BCUT2D eigenvalue weighted by Crippen LogP contribution is -2.14. The summed E-state index contributed by atoms with van der Waals surface area (Å²) >= 11 is 1.52. The molecule has 18 heavy (non-hydrogen) atoms. The summed E-state index contributed by atoms with van der Waals surface area (Å²) in [5.74, 6) is 1.89. The van der Waals surface area contributed by atoms with Crippen molar-refractivity contribution in [1.29, 1.82) is 0 Å². The number of hydrogen-bond donors (Lipinski definition) is 2. The molecule has 2 aromatic rings. The van der Waals surface area contributed by atoms with Crippen LogP contribution in [0, 0.1) is 0 Å². The van der Waals surface area contributed by atoms with Crippen molar-refractivity contribution < 1.29 is 14.7 Å². The smallest absolute Gasteiger partial charge is 0.167 e. The van der Waals surface area contributed by atoms with Crippen molar-refractivity contribution in [3.05, 3.63) is 42.1 Å². The van der Waals surface area contributed by atoms with Gasteiger partial charge in [-0.05, 0) is 0 Å². The Kier molecular flexibility index (Phi) is 4.81. The minimum atomic E-state index is -0.671. The van der Waals surface area contributed by atoms with E-state index in [0.717, 1.165) is 17.0 Å². The molecule has 0 amide bonds. The molecule has 0 saturated heterocycles. The lowest BCUT2D eigenvalue weighted by atomic mass is 10.2. The topological polar surface area (TPSA) is 66.5 Å². The average molecular weight is 265 g/mol. The van der Waals surface area contributed by atoms with Crippen LogP contribution < -0.4 is 0 Å². The highest BCUT2D eigenvalue weighted by Crippen LogP contribution is 2.22. The minimum Gasteiger partial charge on any atom is -0.394 e.